The third kappa shape index (κ3) is 4.46. The maximum atomic E-state index is 12.3. The number of nitrogens with zero attached hydrogens (tertiary/aromatic N) is 1. The lowest BCUT2D eigenvalue weighted by molar-refractivity contribution is -0.135. The van der Waals surface area contributed by atoms with E-state index in [0.717, 1.165) is 37.0 Å². The molecule has 0 aliphatic heterocycles. The molecule has 4 heteroatoms. The van der Waals surface area contributed by atoms with Crippen molar-refractivity contribution in [3.63, 3.8) is 0 Å². The van der Waals surface area contributed by atoms with E-state index in [1.165, 1.54) is 0 Å². The molecule has 2 N–H and O–H groups in total. The van der Waals surface area contributed by atoms with E-state index in [1.54, 1.807) is 4.90 Å². The van der Waals surface area contributed by atoms with Crippen molar-refractivity contribution in [2.24, 2.45) is 11.7 Å². The highest BCUT2D eigenvalue weighted by molar-refractivity contribution is 5.78. The predicted octanol–water partition coefficient (Wildman–Crippen LogP) is 2.35. The third-order valence-corrected chi connectivity index (χ3v) is 4.28. The zero-order valence-electron chi connectivity index (χ0n) is 13.0. The maximum Gasteiger partial charge on any atom is 0.225 e. The summed E-state index contributed by atoms with van der Waals surface area (Å²) in [7, 11) is 1.86. The van der Waals surface area contributed by atoms with Gasteiger partial charge >= 0.3 is 0 Å². The lowest BCUT2D eigenvalue weighted by Crippen LogP contribution is -2.39. The Labute approximate surface area is 127 Å². The number of carbonyl (C=O) groups is 1. The number of benzene rings is 1. The number of hydrogen-bond acceptors (Lipinski definition) is 3. The monoisotopic (exact) mass is 290 g/mol. The van der Waals surface area contributed by atoms with Gasteiger partial charge in [0.15, 0.2) is 0 Å². The molecule has 0 bridgehead atoms. The Morgan fingerprint density at radius 2 is 1.95 bits per heavy atom. The van der Waals surface area contributed by atoms with Crippen LogP contribution in [0.2, 0.25) is 0 Å². The van der Waals surface area contributed by atoms with Crippen molar-refractivity contribution in [1.29, 1.82) is 0 Å². The number of carbonyl (C=O) groups excluding carboxylic acids is 1. The second-order valence-electron chi connectivity index (χ2n) is 5.99. The Morgan fingerprint density at radius 1 is 1.29 bits per heavy atom. The van der Waals surface area contributed by atoms with Crippen LogP contribution >= 0.6 is 0 Å². The van der Waals surface area contributed by atoms with Gasteiger partial charge in [0.2, 0.25) is 5.91 Å². The van der Waals surface area contributed by atoms with Crippen molar-refractivity contribution in [2.75, 3.05) is 20.2 Å². The van der Waals surface area contributed by atoms with Crippen LogP contribution in [0.5, 0.6) is 5.75 Å². The summed E-state index contributed by atoms with van der Waals surface area (Å²) >= 11 is 0. The Hall–Kier alpha value is -1.55. The van der Waals surface area contributed by atoms with Crippen LogP contribution in [0.3, 0.4) is 0 Å². The van der Waals surface area contributed by atoms with E-state index >= 15 is 0 Å². The molecular weight excluding hydrogens is 264 g/mol. The summed E-state index contributed by atoms with van der Waals surface area (Å²) in [6, 6.07) is 8.22. The number of rotatable bonds is 5. The molecular formula is C17H26N2O2. The van der Waals surface area contributed by atoms with Gasteiger partial charge in [0, 0.05) is 19.0 Å². The first kappa shape index (κ1) is 15.8. The zero-order valence-corrected chi connectivity index (χ0v) is 13.0. The summed E-state index contributed by atoms with van der Waals surface area (Å²) in [5.41, 5.74) is 7.01. The van der Waals surface area contributed by atoms with Crippen LogP contribution in [-0.4, -0.2) is 37.0 Å². The van der Waals surface area contributed by atoms with Gasteiger partial charge < -0.3 is 15.4 Å². The van der Waals surface area contributed by atoms with Gasteiger partial charge in [-0.25, -0.2) is 0 Å². The Morgan fingerprint density at radius 3 is 2.62 bits per heavy atom. The van der Waals surface area contributed by atoms with E-state index < -0.39 is 0 Å². The van der Waals surface area contributed by atoms with Crippen LogP contribution in [0.1, 0.15) is 31.2 Å². The van der Waals surface area contributed by atoms with Crippen LogP contribution in [0.25, 0.3) is 0 Å². The van der Waals surface area contributed by atoms with Crippen molar-refractivity contribution in [1.82, 2.24) is 4.90 Å². The molecule has 1 amide bonds. The van der Waals surface area contributed by atoms with Gasteiger partial charge in [-0.15, -0.1) is 0 Å². The summed E-state index contributed by atoms with van der Waals surface area (Å²) in [5.74, 6) is 1.27. The van der Waals surface area contributed by atoms with Gasteiger partial charge in [-0.05, 0) is 44.2 Å². The molecule has 4 nitrogen and oxygen atoms in total. The summed E-state index contributed by atoms with van der Waals surface area (Å²) < 4.78 is 5.75. The van der Waals surface area contributed by atoms with E-state index in [2.05, 4.69) is 0 Å². The third-order valence-electron chi connectivity index (χ3n) is 4.28. The number of likely N-dealkylation sites (N-methyl/N-ethyl adjacent to an activating group) is 1. The normalized spacial score (nSPS) is 21.9. The van der Waals surface area contributed by atoms with Crippen LogP contribution in [0.4, 0.5) is 0 Å². The summed E-state index contributed by atoms with van der Waals surface area (Å²) in [5, 5.41) is 0. The van der Waals surface area contributed by atoms with Crippen LogP contribution < -0.4 is 10.5 Å². The molecule has 1 aromatic carbocycles. The molecule has 1 aliphatic rings. The van der Waals surface area contributed by atoms with Gasteiger partial charge in [0.1, 0.15) is 12.4 Å². The molecule has 0 heterocycles. The molecule has 116 valence electrons. The summed E-state index contributed by atoms with van der Waals surface area (Å²) in [4.78, 5) is 14.1. The largest absolute Gasteiger partial charge is 0.491 e. The highest BCUT2D eigenvalue weighted by Gasteiger charge is 2.26. The van der Waals surface area contributed by atoms with Crippen LogP contribution in [0.15, 0.2) is 24.3 Å². The fraction of sp³-hybridized carbons (Fsp3) is 0.588. The number of ether oxygens (including phenoxy) is 1. The van der Waals surface area contributed by atoms with Crippen molar-refractivity contribution in [3.05, 3.63) is 29.8 Å². The molecule has 0 atom stereocenters. The SMILES string of the molecule is Cc1ccccc1OCCN(C)C(=O)C1CCC(N)CC1. The molecule has 0 aromatic heterocycles. The Bertz CT molecular complexity index is 468. The van der Waals surface area contributed by atoms with Gasteiger partial charge in [-0.2, -0.15) is 0 Å². The molecule has 2 rings (SSSR count). The highest BCUT2D eigenvalue weighted by Crippen LogP contribution is 2.24. The van der Waals surface area contributed by atoms with Crippen LogP contribution in [0, 0.1) is 12.8 Å². The zero-order chi connectivity index (χ0) is 15.2. The Kier molecular flexibility index (Phi) is 5.62. The number of nitrogens with two attached hydrogens (primary N) is 1. The molecule has 0 radical (unpaired) electrons. The van der Waals surface area contributed by atoms with E-state index in [-0.39, 0.29) is 17.9 Å². The number of hydrogen-bond donors (Lipinski definition) is 1. The minimum Gasteiger partial charge on any atom is -0.491 e. The first-order valence-corrected chi connectivity index (χ1v) is 7.77. The smallest absolute Gasteiger partial charge is 0.225 e. The van der Waals surface area contributed by atoms with Crippen molar-refractivity contribution in [2.45, 2.75) is 38.6 Å². The van der Waals surface area contributed by atoms with Gasteiger partial charge in [-0.3, -0.25) is 4.79 Å². The van der Waals surface area contributed by atoms with E-state index in [9.17, 15) is 4.79 Å². The average Bonchev–Trinajstić information content (AvgIpc) is 2.49. The molecule has 1 saturated carbocycles. The van der Waals surface area contributed by atoms with E-state index in [1.807, 2.05) is 38.2 Å². The second-order valence-corrected chi connectivity index (χ2v) is 5.99. The minimum absolute atomic E-state index is 0.147. The second kappa shape index (κ2) is 7.46. The molecule has 0 unspecified atom stereocenters. The predicted molar refractivity (Wildman–Crippen MR) is 84.2 cm³/mol. The number of amides is 1. The fourth-order valence-electron chi connectivity index (χ4n) is 2.80. The summed E-state index contributed by atoms with van der Waals surface area (Å²) in [6.07, 6.45) is 3.76. The summed E-state index contributed by atoms with van der Waals surface area (Å²) in [6.45, 7) is 3.17. The molecule has 1 aliphatic carbocycles. The Balaban J connectivity index is 1.75. The topological polar surface area (TPSA) is 55.6 Å². The first-order valence-electron chi connectivity index (χ1n) is 7.77. The minimum atomic E-state index is 0.147. The maximum absolute atomic E-state index is 12.3. The van der Waals surface area contributed by atoms with Crippen molar-refractivity contribution >= 4 is 5.91 Å². The van der Waals surface area contributed by atoms with Crippen molar-refractivity contribution < 1.29 is 9.53 Å². The van der Waals surface area contributed by atoms with Gasteiger partial charge in [0.05, 0.1) is 6.54 Å². The fourth-order valence-corrected chi connectivity index (χ4v) is 2.80. The number of aryl methyl sites for hydroxylation is 1. The highest BCUT2D eigenvalue weighted by atomic mass is 16.5. The quantitative estimate of drug-likeness (QED) is 0.905. The standard InChI is InChI=1S/C17H26N2O2/c1-13-5-3-4-6-16(13)21-12-11-19(2)17(20)14-7-9-15(18)10-8-14/h3-6,14-15H,7-12,18H2,1-2H3. The van der Waals surface area contributed by atoms with Crippen LogP contribution in [-0.2, 0) is 4.79 Å². The van der Waals surface area contributed by atoms with Crippen molar-refractivity contribution in [3.8, 4) is 5.75 Å². The molecule has 1 fully saturated rings. The van der Waals surface area contributed by atoms with Gasteiger partial charge in [-0.1, -0.05) is 18.2 Å². The molecule has 0 saturated heterocycles. The lowest BCUT2D eigenvalue weighted by Gasteiger charge is -2.29. The molecule has 21 heavy (non-hydrogen) atoms. The molecule has 0 spiro atoms. The van der Waals surface area contributed by atoms with E-state index in [0.29, 0.717) is 13.2 Å². The number of para-hydroxylation sites is 1. The average molecular weight is 290 g/mol. The van der Waals surface area contributed by atoms with E-state index in [4.69, 9.17) is 10.5 Å². The first-order chi connectivity index (χ1) is 10.1. The lowest BCUT2D eigenvalue weighted by atomic mass is 9.85. The molecule has 1 aromatic rings. The van der Waals surface area contributed by atoms with Gasteiger partial charge in [0.25, 0.3) is 0 Å².